The number of thioether (sulfide) groups is 1. The Labute approximate surface area is 119 Å². The molecule has 0 aliphatic carbocycles. The Morgan fingerprint density at radius 3 is 2.32 bits per heavy atom. The van der Waals surface area contributed by atoms with Crippen molar-refractivity contribution in [2.24, 2.45) is 0 Å². The Morgan fingerprint density at radius 2 is 1.68 bits per heavy atom. The van der Waals surface area contributed by atoms with E-state index in [2.05, 4.69) is 48.3 Å². The van der Waals surface area contributed by atoms with Crippen LogP contribution in [-0.2, 0) is 0 Å². The molecule has 0 amide bonds. The van der Waals surface area contributed by atoms with Crippen molar-refractivity contribution in [3.05, 3.63) is 54.6 Å². The van der Waals surface area contributed by atoms with Gasteiger partial charge in [0.05, 0.1) is 7.11 Å². The van der Waals surface area contributed by atoms with Gasteiger partial charge < -0.3 is 9.64 Å². The number of rotatable bonds is 6. The molecule has 0 unspecified atom stereocenters. The van der Waals surface area contributed by atoms with Crippen molar-refractivity contribution >= 4 is 17.4 Å². The van der Waals surface area contributed by atoms with Crippen LogP contribution in [-0.4, -0.2) is 26.5 Å². The average Bonchev–Trinajstić information content (AvgIpc) is 2.48. The Hall–Kier alpha value is -1.61. The number of benzene rings is 2. The lowest BCUT2D eigenvalue weighted by molar-refractivity contribution is 0.415. The van der Waals surface area contributed by atoms with Gasteiger partial charge in [-0.1, -0.05) is 18.2 Å². The first kappa shape index (κ1) is 13.8. The van der Waals surface area contributed by atoms with Crippen LogP contribution in [0.25, 0.3) is 0 Å². The van der Waals surface area contributed by atoms with Gasteiger partial charge in [-0.15, -0.1) is 11.8 Å². The molecule has 0 aliphatic rings. The van der Waals surface area contributed by atoms with Crippen molar-refractivity contribution in [2.75, 3.05) is 31.4 Å². The third-order valence-corrected chi connectivity index (χ3v) is 3.94. The van der Waals surface area contributed by atoms with Crippen LogP contribution in [0, 0.1) is 0 Å². The molecule has 0 bridgehead atoms. The molecule has 100 valence electrons. The van der Waals surface area contributed by atoms with Crippen LogP contribution >= 0.6 is 11.8 Å². The predicted octanol–water partition coefficient (Wildman–Crippen LogP) is 3.92. The molecule has 0 aromatic heterocycles. The summed E-state index contributed by atoms with van der Waals surface area (Å²) in [6, 6.07) is 18.7. The monoisotopic (exact) mass is 273 g/mol. The maximum atomic E-state index is 5.17. The average molecular weight is 273 g/mol. The van der Waals surface area contributed by atoms with Gasteiger partial charge in [-0.3, -0.25) is 0 Å². The fraction of sp³-hybridized carbons (Fsp3) is 0.250. The lowest BCUT2D eigenvalue weighted by Crippen LogP contribution is -2.19. The van der Waals surface area contributed by atoms with E-state index in [1.165, 1.54) is 10.6 Å². The Morgan fingerprint density at radius 1 is 1.00 bits per heavy atom. The quantitative estimate of drug-likeness (QED) is 0.740. The molecule has 0 saturated heterocycles. The van der Waals surface area contributed by atoms with E-state index in [0.29, 0.717) is 0 Å². The molecule has 19 heavy (non-hydrogen) atoms. The van der Waals surface area contributed by atoms with Crippen LogP contribution in [0.15, 0.2) is 59.5 Å². The first-order valence-corrected chi connectivity index (χ1v) is 7.31. The van der Waals surface area contributed by atoms with Gasteiger partial charge in [0.1, 0.15) is 5.75 Å². The number of hydrogen-bond acceptors (Lipinski definition) is 3. The fourth-order valence-electron chi connectivity index (χ4n) is 1.78. The van der Waals surface area contributed by atoms with Gasteiger partial charge in [0.25, 0.3) is 0 Å². The van der Waals surface area contributed by atoms with Crippen LogP contribution in [0.4, 0.5) is 5.69 Å². The molecule has 0 aliphatic heterocycles. The van der Waals surface area contributed by atoms with Crippen molar-refractivity contribution < 1.29 is 4.74 Å². The van der Waals surface area contributed by atoms with Crippen molar-refractivity contribution in [1.29, 1.82) is 0 Å². The summed E-state index contributed by atoms with van der Waals surface area (Å²) >= 11 is 1.88. The summed E-state index contributed by atoms with van der Waals surface area (Å²) in [7, 11) is 3.81. The summed E-state index contributed by atoms with van der Waals surface area (Å²) in [6.07, 6.45) is 0. The largest absolute Gasteiger partial charge is 0.497 e. The molecule has 0 heterocycles. The zero-order chi connectivity index (χ0) is 13.5. The van der Waals surface area contributed by atoms with E-state index in [9.17, 15) is 0 Å². The number of ether oxygens (including phenoxy) is 1. The van der Waals surface area contributed by atoms with Crippen molar-refractivity contribution in [2.45, 2.75) is 4.90 Å². The standard InChI is InChI=1S/C16H19NOS/c1-17(14-8-10-15(18-2)11-9-14)12-13-19-16-6-4-3-5-7-16/h3-11H,12-13H2,1-2H3. The first-order chi connectivity index (χ1) is 9.29. The van der Waals surface area contributed by atoms with Crippen LogP contribution in [0.3, 0.4) is 0 Å². The van der Waals surface area contributed by atoms with E-state index < -0.39 is 0 Å². The lowest BCUT2D eigenvalue weighted by Gasteiger charge is -2.19. The Balaban J connectivity index is 1.82. The predicted molar refractivity (Wildman–Crippen MR) is 83.4 cm³/mol. The molecule has 2 nitrogen and oxygen atoms in total. The molecule has 3 heteroatoms. The summed E-state index contributed by atoms with van der Waals surface area (Å²) in [5.74, 6) is 1.97. The highest BCUT2D eigenvalue weighted by Crippen LogP contribution is 2.20. The highest BCUT2D eigenvalue weighted by molar-refractivity contribution is 7.99. The smallest absolute Gasteiger partial charge is 0.119 e. The number of anilines is 1. The van der Waals surface area contributed by atoms with E-state index in [1.54, 1.807) is 7.11 Å². The highest BCUT2D eigenvalue weighted by Gasteiger charge is 2.01. The minimum atomic E-state index is 0.899. The van der Waals surface area contributed by atoms with E-state index >= 15 is 0 Å². The summed E-state index contributed by atoms with van der Waals surface area (Å²) in [4.78, 5) is 3.58. The zero-order valence-electron chi connectivity index (χ0n) is 11.4. The van der Waals surface area contributed by atoms with Crippen molar-refractivity contribution in [3.63, 3.8) is 0 Å². The molecule has 2 aromatic rings. The van der Waals surface area contributed by atoms with Crippen LogP contribution in [0.1, 0.15) is 0 Å². The van der Waals surface area contributed by atoms with Crippen LogP contribution in [0.2, 0.25) is 0 Å². The number of methoxy groups -OCH3 is 1. The maximum Gasteiger partial charge on any atom is 0.119 e. The summed E-state index contributed by atoms with van der Waals surface area (Å²) in [6.45, 7) is 1.02. The van der Waals surface area contributed by atoms with Crippen molar-refractivity contribution in [3.8, 4) is 5.75 Å². The first-order valence-electron chi connectivity index (χ1n) is 6.32. The highest BCUT2D eigenvalue weighted by atomic mass is 32.2. The molecule has 0 radical (unpaired) electrons. The Bertz CT molecular complexity index is 484. The van der Waals surface area contributed by atoms with Gasteiger partial charge in [-0.25, -0.2) is 0 Å². The van der Waals surface area contributed by atoms with Gasteiger partial charge in [0.15, 0.2) is 0 Å². The van der Waals surface area contributed by atoms with E-state index in [1.807, 2.05) is 30.0 Å². The van der Waals surface area contributed by atoms with Crippen LogP contribution in [0.5, 0.6) is 5.75 Å². The molecule has 0 fully saturated rings. The second kappa shape index (κ2) is 7.10. The minimum Gasteiger partial charge on any atom is -0.497 e. The van der Waals surface area contributed by atoms with E-state index in [0.717, 1.165) is 18.0 Å². The lowest BCUT2D eigenvalue weighted by atomic mass is 10.3. The topological polar surface area (TPSA) is 12.5 Å². The molecule has 0 N–H and O–H groups in total. The summed E-state index contributed by atoms with van der Waals surface area (Å²) in [5, 5.41) is 0. The van der Waals surface area contributed by atoms with E-state index in [4.69, 9.17) is 4.74 Å². The van der Waals surface area contributed by atoms with Crippen LogP contribution < -0.4 is 9.64 Å². The number of hydrogen-bond donors (Lipinski definition) is 0. The number of nitrogens with zero attached hydrogens (tertiary/aromatic N) is 1. The van der Waals surface area contributed by atoms with Gasteiger partial charge in [-0.05, 0) is 36.4 Å². The Kier molecular flexibility index (Phi) is 5.16. The van der Waals surface area contributed by atoms with Gasteiger partial charge in [0, 0.05) is 29.9 Å². The fourth-order valence-corrected chi connectivity index (χ4v) is 2.73. The normalized spacial score (nSPS) is 10.2. The van der Waals surface area contributed by atoms with Gasteiger partial charge >= 0.3 is 0 Å². The minimum absolute atomic E-state index is 0.899. The second-order valence-corrected chi connectivity index (χ2v) is 5.45. The zero-order valence-corrected chi connectivity index (χ0v) is 12.2. The molecule has 2 rings (SSSR count). The molecule has 0 saturated carbocycles. The third-order valence-electron chi connectivity index (χ3n) is 2.95. The third kappa shape index (κ3) is 4.21. The summed E-state index contributed by atoms with van der Waals surface area (Å²) < 4.78 is 5.17. The molecule has 0 spiro atoms. The van der Waals surface area contributed by atoms with Crippen molar-refractivity contribution in [1.82, 2.24) is 0 Å². The molecule has 0 atom stereocenters. The SMILES string of the molecule is COc1ccc(N(C)CCSc2ccccc2)cc1. The molecular weight excluding hydrogens is 254 g/mol. The van der Waals surface area contributed by atoms with Gasteiger partial charge in [-0.2, -0.15) is 0 Å². The van der Waals surface area contributed by atoms with E-state index in [-0.39, 0.29) is 0 Å². The molecular formula is C16H19NOS. The summed E-state index contributed by atoms with van der Waals surface area (Å²) in [5.41, 5.74) is 1.22. The maximum absolute atomic E-state index is 5.17. The molecule has 2 aromatic carbocycles. The van der Waals surface area contributed by atoms with Gasteiger partial charge in [0.2, 0.25) is 0 Å². The second-order valence-electron chi connectivity index (χ2n) is 4.28.